The second-order valence-electron chi connectivity index (χ2n) is 3.79. The van der Waals surface area contributed by atoms with E-state index in [9.17, 15) is 4.79 Å². The van der Waals surface area contributed by atoms with Gasteiger partial charge in [-0.1, -0.05) is 11.6 Å². The molecule has 0 radical (unpaired) electrons. The number of nitrogens with one attached hydrogen (secondary N) is 1. The Hall–Kier alpha value is -1.11. The van der Waals surface area contributed by atoms with Gasteiger partial charge in [0, 0.05) is 16.8 Å². The fraction of sp³-hybridized carbons (Fsp3) is 0.0769. The second kappa shape index (κ2) is 6.56. The van der Waals surface area contributed by atoms with E-state index in [2.05, 4.69) is 42.2 Å². The maximum absolute atomic E-state index is 12.2. The van der Waals surface area contributed by atoms with Crippen molar-refractivity contribution in [3.63, 3.8) is 0 Å². The first-order chi connectivity index (χ1) is 9.51. The molecule has 0 aliphatic rings. The van der Waals surface area contributed by atoms with Crippen LogP contribution < -0.4 is 10.1 Å². The predicted octanol–water partition coefficient (Wildman–Crippen LogP) is 4.52. The highest BCUT2D eigenvalue weighted by atomic mass is 79.9. The fourth-order valence-electron chi connectivity index (χ4n) is 1.60. The highest BCUT2D eigenvalue weighted by Crippen LogP contribution is 2.36. The molecule has 7 heteroatoms. The molecule has 0 fully saturated rings. The number of rotatable bonds is 3. The Balaban J connectivity index is 2.32. The van der Waals surface area contributed by atoms with Gasteiger partial charge in [-0.2, -0.15) is 0 Å². The normalized spacial score (nSPS) is 10.2. The summed E-state index contributed by atoms with van der Waals surface area (Å²) in [4.78, 5) is 16.2. The van der Waals surface area contributed by atoms with Crippen molar-refractivity contribution in [2.75, 3.05) is 12.4 Å². The number of hydrogen-bond acceptors (Lipinski definition) is 3. The SMILES string of the molecule is COc1c(Br)cc(Cl)cc1NC(=O)c1ccnc(Br)c1. The monoisotopic (exact) mass is 418 g/mol. The van der Waals surface area contributed by atoms with Crippen LogP contribution in [0.15, 0.2) is 39.5 Å². The van der Waals surface area contributed by atoms with Gasteiger partial charge in [0.15, 0.2) is 5.75 Å². The zero-order valence-corrected chi connectivity index (χ0v) is 14.2. The number of carbonyl (C=O) groups excluding carboxylic acids is 1. The lowest BCUT2D eigenvalue weighted by Gasteiger charge is -2.12. The highest BCUT2D eigenvalue weighted by molar-refractivity contribution is 9.10. The van der Waals surface area contributed by atoms with E-state index >= 15 is 0 Å². The minimum atomic E-state index is -0.277. The number of hydrogen-bond donors (Lipinski definition) is 1. The fourth-order valence-corrected chi connectivity index (χ4v) is 2.94. The number of benzene rings is 1. The molecule has 1 heterocycles. The molecule has 1 aromatic carbocycles. The van der Waals surface area contributed by atoms with Crippen molar-refractivity contribution >= 4 is 55.1 Å². The molecule has 0 aliphatic carbocycles. The number of methoxy groups -OCH3 is 1. The number of amides is 1. The van der Waals surface area contributed by atoms with Crippen LogP contribution in [0.3, 0.4) is 0 Å². The minimum absolute atomic E-state index is 0.277. The van der Waals surface area contributed by atoms with Crippen LogP contribution in [0.2, 0.25) is 5.02 Å². The lowest BCUT2D eigenvalue weighted by molar-refractivity contribution is 0.102. The topological polar surface area (TPSA) is 51.2 Å². The zero-order valence-electron chi connectivity index (χ0n) is 10.3. The molecule has 1 aromatic heterocycles. The predicted molar refractivity (Wildman–Crippen MR) is 85.6 cm³/mol. The van der Waals surface area contributed by atoms with Gasteiger partial charge in [0.25, 0.3) is 5.91 Å². The van der Waals surface area contributed by atoms with Gasteiger partial charge in [0.05, 0.1) is 17.3 Å². The van der Waals surface area contributed by atoms with E-state index in [0.717, 1.165) is 0 Å². The molecule has 0 bridgehead atoms. The summed E-state index contributed by atoms with van der Waals surface area (Å²) in [5.41, 5.74) is 0.967. The average Bonchev–Trinajstić information content (AvgIpc) is 2.38. The lowest BCUT2D eigenvalue weighted by atomic mass is 10.2. The third-order valence-corrected chi connectivity index (χ3v) is 3.69. The molecule has 4 nitrogen and oxygen atoms in total. The van der Waals surface area contributed by atoms with Gasteiger partial charge in [-0.25, -0.2) is 4.98 Å². The number of halogens is 3. The van der Waals surface area contributed by atoms with Crippen molar-refractivity contribution in [3.05, 3.63) is 50.1 Å². The van der Waals surface area contributed by atoms with Gasteiger partial charge in [-0.15, -0.1) is 0 Å². The maximum Gasteiger partial charge on any atom is 0.255 e. The summed E-state index contributed by atoms with van der Waals surface area (Å²) in [5.74, 6) is 0.233. The standard InChI is InChI=1S/C13H9Br2ClN2O2/c1-20-12-9(14)5-8(16)6-10(12)18-13(19)7-2-3-17-11(15)4-7/h2-6H,1H3,(H,18,19). The van der Waals surface area contributed by atoms with Crippen LogP contribution in [0.1, 0.15) is 10.4 Å². The summed E-state index contributed by atoms with van der Waals surface area (Å²) in [6.07, 6.45) is 1.55. The molecule has 1 amide bonds. The van der Waals surface area contributed by atoms with Crippen LogP contribution in [0, 0.1) is 0 Å². The Bertz CT molecular complexity index is 665. The van der Waals surface area contributed by atoms with Gasteiger partial charge in [0.1, 0.15) is 4.60 Å². The Morgan fingerprint density at radius 1 is 1.35 bits per heavy atom. The van der Waals surface area contributed by atoms with E-state index in [1.807, 2.05) is 0 Å². The number of carbonyl (C=O) groups is 1. The van der Waals surface area contributed by atoms with Crippen LogP contribution in [0.5, 0.6) is 5.75 Å². The first-order valence-electron chi connectivity index (χ1n) is 5.47. The summed E-state index contributed by atoms with van der Waals surface area (Å²) in [5, 5.41) is 3.25. The Morgan fingerprint density at radius 2 is 2.10 bits per heavy atom. The molecular formula is C13H9Br2ClN2O2. The van der Waals surface area contributed by atoms with Gasteiger partial charge < -0.3 is 10.1 Å². The van der Waals surface area contributed by atoms with Crippen molar-refractivity contribution in [1.29, 1.82) is 0 Å². The maximum atomic E-state index is 12.2. The molecule has 2 rings (SSSR count). The van der Waals surface area contributed by atoms with Crippen molar-refractivity contribution in [2.45, 2.75) is 0 Å². The molecule has 0 aliphatic heterocycles. The number of ether oxygens (including phenoxy) is 1. The quantitative estimate of drug-likeness (QED) is 0.743. The first-order valence-corrected chi connectivity index (χ1v) is 7.43. The molecule has 0 saturated carbocycles. The Labute approximate surface area is 137 Å². The van der Waals surface area contributed by atoms with Crippen molar-refractivity contribution in [3.8, 4) is 5.75 Å². The van der Waals surface area contributed by atoms with Crippen LogP contribution in [0.4, 0.5) is 5.69 Å². The molecule has 0 spiro atoms. The molecule has 1 N–H and O–H groups in total. The average molecular weight is 420 g/mol. The molecule has 20 heavy (non-hydrogen) atoms. The van der Waals surface area contributed by atoms with Gasteiger partial charge in [0.2, 0.25) is 0 Å². The second-order valence-corrected chi connectivity index (χ2v) is 5.89. The molecule has 104 valence electrons. The smallest absolute Gasteiger partial charge is 0.255 e. The number of aromatic nitrogens is 1. The first kappa shape index (κ1) is 15.3. The summed E-state index contributed by atoms with van der Waals surface area (Å²) in [6.45, 7) is 0. The molecule has 0 unspecified atom stereocenters. The van der Waals surface area contributed by atoms with Crippen LogP contribution in [-0.2, 0) is 0 Å². The third-order valence-electron chi connectivity index (χ3n) is 2.45. The molecule has 0 saturated heterocycles. The largest absolute Gasteiger partial charge is 0.493 e. The summed E-state index contributed by atoms with van der Waals surface area (Å²) < 4.78 is 6.50. The van der Waals surface area contributed by atoms with E-state index in [1.165, 1.54) is 7.11 Å². The third kappa shape index (κ3) is 3.50. The Morgan fingerprint density at radius 3 is 2.75 bits per heavy atom. The van der Waals surface area contributed by atoms with Crippen molar-refractivity contribution < 1.29 is 9.53 Å². The molecule has 0 atom stereocenters. The lowest BCUT2D eigenvalue weighted by Crippen LogP contribution is -2.13. The molecular weight excluding hydrogens is 411 g/mol. The van der Waals surface area contributed by atoms with Crippen molar-refractivity contribution in [1.82, 2.24) is 4.98 Å². The van der Waals surface area contributed by atoms with E-state index in [4.69, 9.17) is 16.3 Å². The van der Waals surface area contributed by atoms with Gasteiger partial charge in [-0.3, -0.25) is 4.79 Å². The summed E-state index contributed by atoms with van der Waals surface area (Å²) >= 11 is 12.5. The van der Waals surface area contributed by atoms with E-state index < -0.39 is 0 Å². The van der Waals surface area contributed by atoms with E-state index in [-0.39, 0.29) is 5.91 Å². The van der Waals surface area contributed by atoms with Gasteiger partial charge in [-0.05, 0) is 56.1 Å². The minimum Gasteiger partial charge on any atom is -0.493 e. The molecule has 2 aromatic rings. The summed E-state index contributed by atoms with van der Waals surface area (Å²) in [7, 11) is 1.52. The zero-order chi connectivity index (χ0) is 14.7. The highest BCUT2D eigenvalue weighted by Gasteiger charge is 2.13. The van der Waals surface area contributed by atoms with E-state index in [1.54, 1.807) is 30.5 Å². The number of anilines is 1. The van der Waals surface area contributed by atoms with Crippen LogP contribution in [0.25, 0.3) is 0 Å². The number of nitrogens with zero attached hydrogens (tertiary/aromatic N) is 1. The van der Waals surface area contributed by atoms with Gasteiger partial charge >= 0.3 is 0 Å². The summed E-state index contributed by atoms with van der Waals surface area (Å²) in [6, 6.07) is 6.56. The Kier molecular flexibility index (Phi) is 5.01. The van der Waals surface area contributed by atoms with Crippen molar-refractivity contribution in [2.24, 2.45) is 0 Å². The van der Waals surface area contributed by atoms with Crippen LogP contribution in [-0.4, -0.2) is 18.0 Å². The number of pyridine rings is 1. The van der Waals surface area contributed by atoms with Crippen LogP contribution >= 0.6 is 43.5 Å². The van der Waals surface area contributed by atoms with E-state index in [0.29, 0.717) is 31.1 Å².